The Hall–Kier alpha value is -3.29. The van der Waals surface area contributed by atoms with Crippen LogP contribution in [0, 0.1) is 21.3 Å². The molecule has 0 bridgehead atoms. The number of nitrogens with zero attached hydrogens (tertiary/aromatic N) is 1. The van der Waals surface area contributed by atoms with E-state index in [1.807, 2.05) is 49.4 Å². The number of likely N-dealkylation sites (tertiary alicyclic amines) is 1. The van der Waals surface area contributed by atoms with Gasteiger partial charge in [-0.2, -0.15) is 0 Å². The molecular weight excluding hydrogens is 809 g/mol. The van der Waals surface area contributed by atoms with Crippen molar-refractivity contribution in [2.45, 2.75) is 84.3 Å². The molecule has 3 N–H and O–H groups in total. The number of carbonyl (C=O) groups is 2. The van der Waals surface area contributed by atoms with Crippen LogP contribution in [0.5, 0.6) is 11.5 Å². The number of hydrogen-bond donors (Lipinski definition) is 3. The quantitative estimate of drug-likeness (QED) is 0.0603. The minimum atomic E-state index is -3.01. The maximum Gasteiger partial charge on any atom is 0.261 e. The number of ether oxygens (including phenoxy) is 1. The summed E-state index contributed by atoms with van der Waals surface area (Å²) < 4.78 is 13.5. The molecule has 8 nitrogen and oxygen atoms in total. The van der Waals surface area contributed by atoms with E-state index in [1.165, 1.54) is 12.0 Å². The molecule has 290 valence electrons. The topological polar surface area (TPSA) is 117 Å². The van der Waals surface area contributed by atoms with Gasteiger partial charge in [0, 0.05) is 12.5 Å². The fraction of sp³-hybridized carbons (Fsp3) is 0.455. The third-order valence-corrected chi connectivity index (χ3v) is 16.9. The summed E-state index contributed by atoms with van der Waals surface area (Å²) in [5, 5.41) is 35.7. The number of fused-ring (bicyclic) bond motifs is 1. The van der Waals surface area contributed by atoms with Gasteiger partial charge in [0.2, 0.25) is 11.8 Å². The molecule has 2 aliphatic rings. The zero-order chi connectivity index (χ0) is 39.2. The summed E-state index contributed by atoms with van der Waals surface area (Å²) in [4.78, 5) is 29.1. The summed E-state index contributed by atoms with van der Waals surface area (Å²) in [6.45, 7) is 10.8. The molecule has 3 aromatic rings. The molecule has 2 amide bonds. The van der Waals surface area contributed by atoms with E-state index >= 15 is 0 Å². The number of phenols is 1. The van der Waals surface area contributed by atoms with Crippen molar-refractivity contribution in [2.24, 2.45) is 17.8 Å². The smallest absolute Gasteiger partial charge is 0.261 e. The largest absolute Gasteiger partial charge is 0.504 e. The second-order valence-corrected chi connectivity index (χ2v) is 21.1. The van der Waals surface area contributed by atoms with Gasteiger partial charge in [-0.25, -0.2) is 0 Å². The van der Waals surface area contributed by atoms with E-state index in [9.17, 15) is 24.9 Å². The number of amides is 2. The lowest BCUT2D eigenvalue weighted by molar-refractivity contribution is -0.140. The van der Waals surface area contributed by atoms with Gasteiger partial charge in [-0.15, -0.1) is 0 Å². The van der Waals surface area contributed by atoms with Gasteiger partial charge in [0.15, 0.2) is 11.5 Å². The lowest BCUT2D eigenvalue weighted by Gasteiger charge is -2.44. The number of hydrogen-bond acceptors (Lipinski definition) is 7. The fourth-order valence-electron chi connectivity index (χ4n) is 8.69. The molecule has 5 rings (SSSR count). The predicted octanol–water partition coefficient (Wildman–Crippen LogP) is 7.23. The monoisotopic (exact) mass is 865 g/mol. The van der Waals surface area contributed by atoms with Crippen molar-refractivity contribution >= 4 is 59.2 Å². The molecule has 0 spiro atoms. The molecular formula is C44H56INO7Si. The minimum Gasteiger partial charge on any atom is -0.504 e. The van der Waals surface area contributed by atoms with Gasteiger partial charge in [-0.3, -0.25) is 14.5 Å². The molecule has 1 heterocycles. The Bertz CT molecular complexity index is 1800. The summed E-state index contributed by atoms with van der Waals surface area (Å²) >= 11 is 2.09. The molecule has 1 aliphatic heterocycles. The molecule has 54 heavy (non-hydrogen) atoms. The zero-order valence-corrected chi connectivity index (χ0v) is 35.6. The molecule has 0 radical (unpaired) electrons. The van der Waals surface area contributed by atoms with Crippen LogP contribution in [0.15, 0.2) is 89.5 Å². The molecule has 10 heteroatoms. The molecule has 0 saturated carbocycles. The van der Waals surface area contributed by atoms with Gasteiger partial charge >= 0.3 is 0 Å². The number of aliphatic hydroxyl groups excluding tert-OH is 2. The van der Waals surface area contributed by atoms with Crippen LogP contribution in [0.4, 0.5) is 0 Å². The van der Waals surface area contributed by atoms with E-state index in [0.29, 0.717) is 47.1 Å². The van der Waals surface area contributed by atoms with Gasteiger partial charge < -0.3 is 24.5 Å². The Morgan fingerprint density at radius 3 is 2.15 bits per heavy atom. The Kier molecular flexibility index (Phi) is 14.0. The number of benzene rings is 3. The second-order valence-electron chi connectivity index (χ2n) is 15.6. The molecule has 1 saturated heterocycles. The number of allylic oxidation sites excluding steroid dienone is 1. The third-order valence-electron chi connectivity index (χ3n) is 11.1. The van der Waals surface area contributed by atoms with Crippen molar-refractivity contribution in [1.29, 1.82) is 0 Å². The summed E-state index contributed by atoms with van der Waals surface area (Å²) in [7, 11) is -1.48. The van der Waals surface area contributed by atoms with Crippen LogP contribution in [0.2, 0.25) is 5.04 Å². The Morgan fingerprint density at radius 2 is 1.61 bits per heavy atom. The highest BCUT2D eigenvalue weighted by Gasteiger charge is 2.56. The van der Waals surface area contributed by atoms with Crippen molar-refractivity contribution in [3.8, 4) is 11.5 Å². The van der Waals surface area contributed by atoms with Crippen molar-refractivity contribution in [2.75, 3.05) is 26.9 Å². The molecule has 0 unspecified atom stereocenters. The van der Waals surface area contributed by atoms with Crippen LogP contribution in [0.3, 0.4) is 0 Å². The lowest BCUT2D eigenvalue weighted by Crippen LogP contribution is -2.66. The van der Waals surface area contributed by atoms with Crippen molar-refractivity contribution < 1.29 is 34.1 Å². The highest BCUT2D eigenvalue weighted by molar-refractivity contribution is 14.1. The van der Waals surface area contributed by atoms with Crippen LogP contribution in [-0.2, 0) is 14.0 Å². The average Bonchev–Trinajstić information content (AvgIpc) is 3.39. The van der Waals surface area contributed by atoms with E-state index in [2.05, 4.69) is 80.6 Å². The fourth-order valence-corrected chi connectivity index (χ4v) is 13.9. The lowest BCUT2D eigenvalue weighted by atomic mass is 9.68. The van der Waals surface area contributed by atoms with Gasteiger partial charge in [0.05, 0.1) is 41.8 Å². The number of methoxy groups -OCH3 is 1. The van der Waals surface area contributed by atoms with Crippen LogP contribution < -0.4 is 15.1 Å². The van der Waals surface area contributed by atoms with E-state index in [4.69, 9.17) is 9.16 Å². The van der Waals surface area contributed by atoms with Gasteiger partial charge in [-0.05, 0) is 98.9 Å². The highest BCUT2D eigenvalue weighted by Crippen LogP contribution is 2.47. The maximum atomic E-state index is 13.9. The maximum absolute atomic E-state index is 13.9. The van der Waals surface area contributed by atoms with Crippen LogP contribution in [0.25, 0.3) is 6.08 Å². The molecule has 4 atom stereocenters. The molecule has 3 aromatic carbocycles. The molecule has 0 aromatic heterocycles. The first-order valence-corrected chi connectivity index (χ1v) is 22.2. The van der Waals surface area contributed by atoms with Gasteiger partial charge in [-0.1, -0.05) is 113 Å². The van der Waals surface area contributed by atoms with Crippen molar-refractivity contribution in [3.63, 3.8) is 0 Å². The normalized spacial score (nSPS) is 20.1. The summed E-state index contributed by atoms with van der Waals surface area (Å²) in [5.41, 5.74) is 3.45. The van der Waals surface area contributed by atoms with Crippen molar-refractivity contribution in [1.82, 2.24) is 4.90 Å². The number of halogens is 1. The second kappa shape index (κ2) is 18.1. The minimum absolute atomic E-state index is 0.102. The third kappa shape index (κ3) is 8.43. The van der Waals surface area contributed by atoms with Crippen LogP contribution in [-0.4, -0.2) is 73.3 Å². The van der Waals surface area contributed by atoms with Crippen molar-refractivity contribution in [3.05, 3.63) is 98.6 Å². The average molecular weight is 866 g/mol. The summed E-state index contributed by atoms with van der Waals surface area (Å²) in [6, 6.07) is 24.4. The Balaban J connectivity index is 1.58. The summed E-state index contributed by atoms with van der Waals surface area (Å²) in [6.07, 6.45) is 4.70. The Morgan fingerprint density at radius 1 is 0.981 bits per heavy atom. The zero-order valence-electron chi connectivity index (χ0n) is 32.5. The number of aliphatic hydroxyl groups is 2. The molecule has 1 fully saturated rings. The highest BCUT2D eigenvalue weighted by atomic mass is 127. The number of imide groups is 1. The summed E-state index contributed by atoms with van der Waals surface area (Å²) in [5.74, 6) is -2.01. The van der Waals surface area contributed by atoms with Gasteiger partial charge in [0.25, 0.3) is 8.32 Å². The van der Waals surface area contributed by atoms with E-state index in [-0.39, 0.29) is 35.8 Å². The predicted molar refractivity (Wildman–Crippen MR) is 225 cm³/mol. The van der Waals surface area contributed by atoms with E-state index in [1.54, 1.807) is 6.07 Å². The number of carbonyl (C=O) groups excluding carboxylic acids is 2. The first-order chi connectivity index (χ1) is 25.8. The first-order valence-electron chi connectivity index (χ1n) is 19.2. The molecule has 1 aliphatic carbocycles. The number of aromatic hydroxyl groups is 1. The number of rotatable bonds is 16. The van der Waals surface area contributed by atoms with E-state index in [0.717, 1.165) is 39.9 Å². The SMILES string of the molecule is CCC/C(=C\c1cc(I)c(O)c(OC)c1)CC[C@@H](O)C1=C(CO[Si](c2ccccc2)(c2ccccc2)C(C)(C)C)C[C@H]2C(=O)N(CCC)C(=O)[C@H]2[C@H]1CO. The van der Waals surface area contributed by atoms with Crippen LogP contribution >= 0.6 is 22.6 Å². The first kappa shape index (κ1) is 41.9. The number of phenolic OH excluding ortho intramolecular Hbond substituents is 1. The Labute approximate surface area is 335 Å². The standard InChI is InChI=1S/C44H56INO7Si/c1-7-15-29(23-30-24-36(45)41(49)38(25-30)52-6)20-21-37(48)39-31(26-34-40(35(39)27-47)43(51)46(22-8-2)42(34)50)28-53-54(44(3,4)5,32-16-11-9-12-17-32)33-18-13-10-14-19-33/h9-14,16-19,23-25,34-35,37,40,47-49H,7-8,15,20-22,26-28H2,1-6H3/b29-23+/t34-,35+,37-,40-/m1/s1. The van der Waals surface area contributed by atoms with E-state index < -0.39 is 32.2 Å². The van der Waals surface area contributed by atoms with Crippen LogP contribution in [0.1, 0.15) is 78.7 Å². The van der Waals surface area contributed by atoms with Gasteiger partial charge in [0.1, 0.15) is 0 Å².